The van der Waals surface area contributed by atoms with Crippen LogP contribution >= 0.6 is 7.92 Å². The summed E-state index contributed by atoms with van der Waals surface area (Å²) in [4.78, 5) is 0. The molecule has 2 fully saturated rings. The van der Waals surface area contributed by atoms with E-state index in [2.05, 4.69) is 20.8 Å². The number of fused-ring (bicyclic) bond motifs is 2. The molecule has 0 radical (unpaired) electrons. The first-order valence-corrected chi connectivity index (χ1v) is 7.98. The van der Waals surface area contributed by atoms with Crippen molar-refractivity contribution in [1.29, 1.82) is 0 Å². The van der Waals surface area contributed by atoms with Crippen molar-refractivity contribution in [2.24, 2.45) is 5.92 Å². The molecule has 2 heterocycles. The Morgan fingerprint density at radius 2 is 2.00 bits per heavy atom. The maximum absolute atomic E-state index is 2.60. The van der Waals surface area contributed by atoms with E-state index >= 15 is 0 Å². The number of rotatable bonds is 2. The molecule has 14 heavy (non-hydrogen) atoms. The van der Waals surface area contributed by atoms with E-state index < -0.39 is 0 Å². The molecule has 2 bridgehead atoms. The van der Waals surface area contributed by atoms with Crippen LogP contribution in [0.15, 0.2) is 0 Å². The summed E-state index contributed by atoms with van der Waals surface area (Å²) in [5.41, 5.74) is 1.15. The Kier molecular flexibility index (Phi) is 3.22. The van der Waals surface area contributed by atoms with E-state index in [1.54, 1.807) is 31.8 Å². The molecule has 0 amide bonds. The van der Waals surface area contributed by atoms with E-state index in [0.29, 0.717) is 7.92 Å². The van der Waals surface area contributed by atoms with Gasteiger partial charge in [0.25, 0.3) is 0 Å². The highest BCUT2D eigenvalue weighted by molar-refractivity contribution is 7.60. The largest absolute Gasteiger partial charge is 0.0972 e. The monoisotopic (exact) mass is 212 g/mol. The molecule has 2 rings (SSSR count). The minimum Gasteiger partial charge on any atom is -0.0972 e. The summed E-state index contributed by atoms with van der Waals surface area (Å²) in [5.74, 6) is 0.930. The first kappa shape index (κ1) is 10.9. The number of hydrogen-bond acceptors (Lipinski definition) is 0. The molecule has 0 aromatic heterocycles. The lowest BCUT2D eigenvalue weighted by Crippen LogP contribution is -2.20. The maximum Gasteiger partial charge on any atom is -0.0120 e. The topological polar surface area (TPSA) is 0 Å². The predicted molar refractivity (Wildman–Crippen MR) is 66.5 cm³/mol. The Morgan fingerprint density at radius 1 is 1.21 bits per heavy atom. The van der Waals surface area contributed by atoms with Crippen LogP contribution in [0.5, 0.6) is 0 Å². The molecular weight excluding hydrogens is 187 g/mol. The van der Waals surface area contributed by atoms with Gasteiger partial charge in [-0.15, -0.1) is 0 Å². The van der Waals surface area contributed by atoms with Gasteiger partial charge in [-0.2, -0.15) is 0 Å². The zero-order valence-electron chi connectivity index (χ0n) is 10.1. The molecule has 2 aliphatic heterocycles. The summed E-state index contributed by atoms with van der Waals surface area (Å²) in [6.07, 6.45) is 10.8. The highest BCUT2D eigenvalue weighted by atomic mass is 31.1. The van der Waals surface area contributed by atoms with Gasteiger partial charge < -0.3 is 0 Å². The first-order chi connectivity index (χ1) is 6.62. The third-order valence-electron chi connectivity index (χ3n) is 4.21. The average molecular weight is 212 g/mol. The van der Waals surface area contributed by atoms with E-state index in [9.17, 15) is 0 Å². The summed E-state index contributed by atoms with van der Waals surface area (Å²) in [7, 11) is 0.369. The van der Waals surface area contributed by atoms with Crippen LogP contribution in [0.2, 0.25) is 0 Å². The second-order valence-corrected chi connectivity index (χ2v) is 9.10. The molecule has 0 aliphatic carbocycles. The third kappa shape index (κ3) is 2.01. The summed E-state index contributed by atoms with van der Waals surface area (Å²) in [5, 5.41) is 0.792. The molecule has 0 saturated carbocycles. The smallest absolute Gasteiger partial charge is 0.0120 e. The molecule has 0 nitrogen and oxygen atoms in total. The van der Waals surface area contributed by atoms with Gasteiger partial charge >= 0.3 is 0 Å². The molecule has 0 aromatic carbocycles. The maximum atomic E-state index is 2.60. The Bertz CT molecular complexity index is 197. The minimum atomic E-state index is 0.369. The van der Waals surface area contributed by atoms with Crippen LogP contribution in [0.25, 0.3) is 0 Å². The summed E-state index contributed by atoms with van der Waals surface area (Å²) in [6.45, 7) is 7.43. The Hall–Kier alpha value is 0.430. The lowest BCUT2D eigenvalue weighted by Gasteiger charge is -2.34. The van der Waals surface area contributed by atoms with Crippen molar-refractivity contribution < 1.29 is 0 Å². The zero-order valence-corrected chi connectivity index (χ0v) is 10.9. The van der Waals surface area contributed by atoms with Crippen LogP contribution in [-0.2, 0) is 0 Å². The van der Waals surface area contributed by atoms with E-state index in [-0.39, 0.29) is 0 Å². The highest BCUT2D eigenvalue weighted by Gasteiger charge is 2.45. The van der Waals surface area contributed by atoms with Crippen LogP contribution < -0.4 is 0 Å². The molecule has 2 saturated heterocycles. The Balaban J connectivity index is 2.11. The Labute approximate surface area is 90.6 Å². The quantitative estimate of drug-likeness (QED) is 0.586. The summed E-state index contributed by atoms with van der Waals surface area (Å²) >= 11 is 0. The predicted octanol–water partition coefficient (Wildman–Crippen LogP) is 4.62. The van der Waals surface area contributed by atoms with Gasteiger partial charge in [0.1, 0.15) is 0 Å². The lowest BCUT2D eigenvalue weighted by molar-refractivity contribution is 0.478. The van der Waals surface area contributed by atoms with E-state index in [4.69, 9.17) is 0 Å². The van der Waals surface area contributed by atoms with Crippen molar-refractivity contribution in [3.05, 3.63) is 0 Å². The van der Waals surface area contributed by atoms with Gasteiger partial charge in [0, 0.05) is 0 Å². The standard InChI is InChI=1S/C13H25P/c1-11(2)10-14-12-6-4-5-8-13(14,3)9-7-12/h11-12H,4-10H2,1-3H3. The van der Waals surface area contributed by atoms with Gasteiger partial charge in [0.05, 0.1) is 0 Å². The van der Waals surface area contributed by atoms with Crippen LogP contribution in [0.3, 0.4) is 0 Å². The second kappa shape index (κ2) is 4.12. The molecule has 0 aromatic rings. The fourth-order valence-corrected chi connectivity index (χ4v) is 7.64. The summed E-state index contributed by atoms with van der Waals surface area (Å²) in [6, 6.07) is 0. The van der Waals surface area contributed by atoms with Crippen LogP contribution in [0, 0.1) is 5.92 Å². The van der Waals surface area contributed by atoms with Crippen LogP contribution in [0.1, 0.15) is 59.3 Å². The molecule has 3 unspecified atom stereocenters. The van der Waals surface area contributed by atoms with Gasteiger partial charge in [-0.05, 0) is 48.6 Å². The minimum absolute atomic E-state index is 0.369. The molecule has 0 spiro atoms. The molecule has 2 aliphatic rings. The van der Waals surface area contributed by atoms with Crippen molar-refractivity contribution in [3.8, 4) is 0 Å². The van der Waals surface area contributed by atoms with Gasteiger partial charge in [0.2, 0.25) is 0 Å². The third-order valence-corrected chi connectivity index (χ3v) is 8.57. The van der Waals surface area contributed by atoms with Gasteiger partial charge in [-0.3, -0.25) is 0 Å². The van der Waals surface area contributed by atoms with Crippen molar-refractivity contribution >= 4 is 7.92 Å². The highest BCUT2D eigenvalue weighted by Crippen LogP contribution is 2.67. The van der Waals surface area contributed by atoms with Crippen molar-refractivity contribution in [3.63, 3.8) is 0 Å². The number of hydrogen-bond donors (Lipinski definition) is 0. The van der Waals surface area contributed by atoms with Crippen LogP contribution in [-0.4, -0.2) is 17.0 Å². The normalized spacial score (nSPS) is 42.9. The molecule has 3 atom stereocenters. The van der Waals surface area contributed by atoms with Gasteiger partial charge in [-0.25, -0.2) is 0 Å². The lowest BCUT2D eigenvalue weighted by atomic mass is 9.93. The van der Waals surface area contributed by atoms with E-state index in [1.807, 2.05) is 0 Å². The first-order valence-electron chi connectivity index (χ1n) is 6.38. The van der Waals surface area contributed by atoms with Crippen molar-refractivity contribution in [1.82, 2.24) is 0 Å². The summed E-state index contributed by atoms with van der Waals surface area (Å²) < 4.78 is 0. The Morgan fingerprint density at radius 3 is 2.71 bits per heavy atom. The zero-order chi connectivity index (χ0) is 10.2. The molecular formula is C13H25P. The van der Waals surface area contributed by atoms with E-state index in [0.717, 1.165) is 16.7 Å². The molecule has 82 valence electrons. The van der Waals surface area contributed by atoms with Crippen LogP contribution in [0.4, 0.5) is 0 Å². The van der Waals surface area contributed by atoms with Gasteiger partial charge in [0.15, 0.2) is 0 Å². The molecule has 1 heteroatoms. The average Bonchev–Trinajstić information content (AvgIpc) is 2.27. The van der Waals surface area contributed by atoms with Gasteiger partial charge in [-0.1, -0.05) is 41.5 Å². The fraction of sp³-hybridized carbons (Fsp3) is 1.00. The van der Waals surface area contributed by atoms with Crippen molar-refractivity contribution in [2.75, 3.05) is 6.16 Å². The fourth-order valence-electron chi connectivity index (χ4n) is 3.44. The SMILES string of the molecule is CC(C)CP1C2CCCCC1(C)CC2. The molecule has 0 N–H and O–H groups in total. The second-order valence-electron chi connectivity index (χ2n) is 5.98. The van der Waals surface area contributed by atoms with E-state index in [1.165, 1.54) is 12.8 Å². The van der Waals surface area contributed by atoms with Crippen molar-refractivity contribution in [2.45, 2.75) is 70.1 Å².